The molecule has 4 heteroatoms. The van der Waals surface area contributed by atoms with E-state index in [1.807, 2.05) is 6.92 Å². The predicted octanol–water partition coefficient (Wildman–Crippen LogP) is 1.55. The van der Waals surface area contributed by atoms with Gasteiger partial charge in [-0.15, -0.1) is 0 Å². The number of hydrogen-bond donors (Lipinski definition) is 1. The topological polar surface area (TPSA) is 42.0 Å². The van der Waals surface area contributed by atoms with E-state index in [-0.39, 0.29) is 5.78 Å². The van der Waals surface area contributed by atoms with Crippen molar-refractivity contribution in [2.75, 3.05) is 13.6 Å². The largest absolute Gasteiger partial charge is 0.313 e. The lowest BCUT2D eigenvalue weighted by Gasteiger charge is -2.05. The van der Waals surface area contributed by atoms with E-state index >= 15 is 0 Å². The van der Waals surface area contributed by atoms with E-state index in [0.717, 1.165) is 10.0 Å². The zero-order chi connectivity index (χ0) is 9.84. The normalized spacial score (nSPS) is 10.1. The molecule has 0 atom stereocenters. The van der Waals surface area contributed by atoms with Crippen LogP contribution in [0.25, 0.3) is 0 Å². The van der Waals surface area contributed by atoms with Crippen molar-refractivity contribution in [2.24, 2.45) is 0 Å². The van der Waals surface area contributed by atoms with Crippen molar-refractivity contribution in [1.29, 1.82) is 0 Å². The first-order valence-electron chi connectivity index (χ1n) is 3.94. The highest BCUT2D eigenvalue weighted by Crippen LogP contribution is 2.18. The molecule has 1 heterocycles. The van der Waals surface area contributed by atoms with Crippen LogP contribution in [0.4, 0.5) is 0 Å². The maximum Gasteiger partial charge on any atom is 0.178 e. The summed E-state index contributed by atoms with van der Waals surface area (Å²) in [5.74, 6) is 0.0780. The summed E-state index contributed by atoms with van der Waals surface area (Å²) in [6.07, 6.45) is 3.32. The van der Waals surface area contributed by atoms with Crippen LogP contribution in [0.15, 0.2) is 16.9 Å². The van der Waals surface area contributed by atoms with Crippen LogP contribution in [0, 0.1) is 6.92 Å². The first-order valence-corrected chi connectivity index (χ1v) is 4.74. The molecule has 0 unspecified atom stereocenters. The summed E-state index contributed by atoms with van der Waals surface area (Å²) in [5.41, 5.74) is 1.61. The highest BCUT2D eigenvalue weighted by molar-refractivity contribution is 9.10. The third-order valence-electron chi connectivity index (χ3n) is 1.71. The van der Waals surface area contributed by atoms with Crippen LogP contribution >= 0.6 is 15.9 Å². The van der Waals surface area contributed by atoms with Crippen LogP contribution in [-0.4, -0.2) is 24.4 Å². The third-order valence-corrected chi connectivity index (χ3v) is 2.31. The molecule has 0 spiro atoms. The fourth-order valence-electron chi connectivity index (χ4n) is 1.13. The van der Waals surface area contributed by atoms with Gasteiger partial charge in [0.1, 0.15) is 0 Å². The number of aryl methyl sites for hydroxylation is 1. The number of Topliss-reactive ketones (excluding diaryl/α,β-unsaturated/α-hetero) is 1. The highest BCUT2D eigenvalue weighted by atomic mass is 79.9. The number of aromatic nitrogens is 1. The van der Waals surface area contributed by atoms with Crippen LogP contribution in [0.5, 0.6) is 0 Å². The Labute approximate surface area is 85.7 Å². The Morgan fingerprint density at radius 1 is 1.62 bits per heavy atom. The summed E-state index contributed by atoms with van der Waals surface area (Å²) in [4.78, 5) is 15.5. The van der Waals surface area contributed by atoms with Crippen LogP contribution in [-0.2, 0) is 0 Å². The van der Waals surface area contributed by atoms with Gasteiger partial charge in [-0.1, -0.05) is 0 Å². The summed E-state index contributed by atoms with van der Waals surface area (Å²) >= 11 is 3.31. The molecule has 0 saturated heterocycles. The molecule has 3 nitrogen and oxygen atoms in total. The lowest BCUT2D eigenvalue weighted by atomic mass is 10.1. The van der Waals surface area contributed by atoms with Crippen LogP contribution in [0.2, 0.25) is 0 Å². The van der Waals surface area contributed by atoms with Crippen molar-refractivity contribution in [1.82, 2.24) is 10.3 Å². The average Bonchev–Trinajstić information content (AvgIpc) is 2.04. The summed E-state index contributed by atoms with van der Waals surface area (Å²) in [6.45, 7) is 2.23. The molecular weight excluding hydrogens is 232 g/mol. The van der Waals surface area contributed by atoms with Crippen molar-refractivity contribution in [3.63, 3.8) is 0 Å². The first-order chi connectivity index (χ1) is 6.16. The molecule has 1 rings (SSSR count). The number of hydrogen-bond acceptors (Lipinski definition) is 3. The Kier molecular flexibility index (Phi) is 3.57. The molecule has 1 aromatic heterocycles. The van der Waals surface area contributed by atoms with Crippen molar-refractivity contribution in [2.45, 2.75) is 6.92 Å². The summed E-state index contributed by atoms with van der Waals surface area (Å²) in [5, 5.41) is 2.83. The quantitative estimate of drug-likeness (QED) is 0.819. The smallest absolute Gasteiger partial charge is 0.178 e. The number of halogens is 1. The molecule has 0 aliphatic heterocycles. The number of carbonyl (C=O) groups excluding carboxylic acids is 1. The number of rotatable bonds is 3. The number of carbonyl (C=O) groups is 1. The summed E-state index contributed by atoms with van der Waals surface area (Å²) in [6, 6.07) is 0. The van der Waals surface area contributed by atoms with E-state index in [4.69, 9.17) is 0 Å². The van der Waals surface area contributed by atoms with Gasteiger partial charge in [0.05, 0.1) is 6.54 Å². The van der Waals surface area contributed by atoms with E-state index in [1.165, 1.54) is 0 Å². The van der Waals surface area contributed by atoms with E-state index in [2.05, 4.69) is 26.2 Å². The molecule has 0 amide bonds. The first kappa shape index (κ1) is 10.3. The second kappa shape index (κ2) is 4.48. The van der Waals surface area contributed by atoms with E-state index in [9.17, 15) is 4.79 Å². The Morgan fingerprint density at radius 2 is 2.31 bits per heavy atom. The van der Waals surface area contributed by atoms with Gasteiger partial charge in [0.2, 0.25) is 0 Å². The van der Waals surface area contributed by atoms with Gasteiger partial charge in [-0.25, -0.2) is 0 Å². The Hall–Kier alpha value is -0.740. The number of likely N-dealkylation sites (N-methyl/N-ethyl adjacent to an activating group) is 1. The third kappa shape index (κ3) is 2.35. The van der Waals surface area contributed by atoms with Crippen LogP contribution in [0.3, 0.4) is 0 Å². The lowest BCUT2D eigenvalue weighted by Crippen LogP contribution is -2.19. The van der Waals surface area contributed by atoms with Gasteiger partial charge in [0.15, 0.2) is 5.78 Å². The van der Waals surface area contributed by atoms with Gasteiger partial charge in [-0.3, -0.25) is 9.78 Å². The molecule has 70 valence electrons. The molecular formula is C9H11BrN2O. The zero-order valence-electron chi connectivity index (χ0n) is 7.60. The minimum absolute atomic E-state index is 0.0780. The van der Waals surface area contributed by atoms with Crippen molar-refractivity contribution < 1.29 is 4.79 Å². The molecule has 0 aliphatic carbocycles. The standard InChI is InChI=1S/C9H11BrN2O/c1-6-3-12-4-7(10)9(6)8(13)5-11-2/h3-4,11H,5H2,1-2H3. The van der Waals surface area contributed by atoms with Crippen molar-refractivity contribution in [3.8, 4) is 0 Å². The van der Waals surface area contributed by atoms with Crippen LogP contribution < -0.4 is 5.32 Å². The maximum absolute atomic E-state index is 11.6. The summed E-state index contributed by atoms with van der Waals surface area (Å²) in [7, 11) is 1.75. The van der Waals surface area contributed by atoms with Gasteiger partial charge in [-0.2, -0.15) is 0 Å². The van der Waals surface area contributed by atoms with Gasteiger partial charge in [0, 0.05) is 22.4 Å². The molecule has 0 fully saturated rings. The number of nitrogens with zero attached hydrogens (tertiary/aromatic N) is 1. The fraction of sp³-hybridized carbons (Fsp3) is 0.333. The average molecular weight is 243 g/mol. The van der Waals surface area contributed by atoms with Crippen LogP contribution in [0.1, 0.15) is 15.9 Å². The molecule has 0 saturated carbocycles. The molecule has 0 bridgehead atoms. The second-order valence-electron chi connectivity index (χ2n) is 2.77. The Bertz CT molecular complexity index is 305. The number of ketones is 1. The molecule has 0 aliphatic rings. The minimum atomic E-state index is 0.0780. The van der Waals surface area contributed by atoms with E-state index in [1.54, 1.807) is 19.4 Å². The second-order valence-corrected chi connectivity index (χ2v) is 3.62. The minimum Gasteiger partial charge on any atom is -0.313 e. The van der Waals surface area contributed by atoms with E-state index in [0.29, 0.717) is 12.1 Å². The SMILES string of the molecule is CNCC(=O)c1c(C)cncc1Br. The molecule has 1 N–H and O–H groups in total. The molecule has 1 aromatic rings. The summed E-state index contributed by atoms with van der Waals surface area (Å²) < 4.78 is 0.757. The molecule has 0 radical (unpaired) electrons. The zero-order valence-corrected chi connectivity index (χ0v) is 9.18. The molecule has 0 aromatic carbocycles. The van der Waals surface area contributed by atoms with Gasteiger partial charge in [-0.05, 0) is 35.5 Å². The Balaban J connectivity index is 3.05. The fourth-order valence-corrected chi connectivity index (χ4v) is 1.79. The van der Waals surface area contributed by atoms with Gasteiger partial charge < -0.3 is 5.32 Å². The van der Waals surface area contributed by atoms with Gasteiger partial charge >= 0.3 is 0 Å². The van der Waals surface area contributed by atoms with Crippen molar-refractivity contribution >= 4 is 21.7 Å². The highest BCUT2D eigenvalue weighted by Gasteiger charge is 2.11. The predicted molar refractivity (Wildman–Crippen MR) is 54.9 cm³/mol. The monoisotopic (exact) mass is 242 g/mol. The van der Waals surface area contributed by atoms with Crippen molar-refractivity contribution in [3.05, 3.63) is 28.0 Å². The van der Waals surface area contributed by atoms with Gasteiger partial charge in [0.25, 0.3) is 0 Å². The van der Waals surface area contributed by atoms with E-state index < -0.39 is 0 Å². The lowest BCUT2D eigenvalue weighted by molar-refractivity contribution is 0.0992. The number of pyridine rings is 1. The number of nitrogens with one attached hydrogen (secondary N) is 1. The maximum atomic E-state index is 11.6. The molecule has 13 heavy (non-hydrogen) atoms. The Morgan fingerprint density at radius 3 is 2.85 bits per heavy atom.